The van der Waals surface area contributed by atoms with E-state index in [4.69, 9.17) is 0 Å². The molecule has 0 spiro atoms. The Kier molecular flexibility index (Phi) is 4.28. The van der Waals surface area contributed by atoms with Crippen LogP contribution in [0.3, 0.4) is 0 Å². The molecule has 2 nitrogen and oxygen atoms in total. The second kappa shape index (κ2) is 5.94. The quantitative estimate of drug-likeness (QED) is 0.872. The minimum Gasteiger partial charge on any atom is -0.352 e. The van der Waals surface area contributed by atoms with Crippen molar-refractivity contribution in [2.75, 3.05) is 11.5 Å². The third-order valence-corrected chi connectivity index (χ3v) is 3.95. The smallest absolute Gasteiger partial charge is 0.223 e. The van der Waals surface area contributed by atoms with Crippen molar-refractivity contribution >= 4 is 17.7 Å². The molecule has 0 bridgehead atoms. The molecule has 1 aliphatic heterocycles. The Bertz CT molecular complexity index is 333. The second-order valence-electron chi connectivity index (χ2n) is 4.09. The summed E-state index contributed by atoms with van der Waals surface area (Å²) in [6, 6.07) is 10.1. The van der Waals surface area contributed by atoms with Crippen LogP contribution in [0.25, 0.3) is 0 Å². The minimum absolute atomic E-state index is 0.226. The third kappa shape index (κ3) is 3.27. The molecule has 0 radical (unpaired) electrons. The van der Waals surface area contributed by atoms with Crippen molar-refractivity contribution in [1.29, 1.82) is 0 Å². The van der Waals surface area contributed by atoms with Gasteiger partial charge in [0.05, 0.1) is 0 Å². The van der Waals surface area contributed by atoms with E-state index in [0.717, 1.165) is 24.3 Å². The van der Waals surface area contributed by atoms with Gasteiger partial charge in [0, 0.05) is 12.5 Å². The van der Waals surface area contributed by atoms with Gasteiger partial charge in [0.25, 0.3) is 0 Å². The molecular weight excluding hydrogens is 218 g/mol. The molecule has 0 saturated carbocycles. The Morgan fingerprint density at radius 3 is 2.62 bits per heavy atom. The first-order valence-corrected chi connectivity index (χ1v) is 6.91. The first-order chi connectivity index (χ1) is 7.86. The van der Waals surface area contributed by atoms with Crippen molar-refractivity contribution in [2.45, 2.75) is 19.4 Å². The number of thioether (sulfide) groups is 1. The predicted molar refractivity (Wildman–Crippen MR) is 68.3 cm³/mol. The standard InChI is InChI=1S/C13H17NOS/c15-13(12-6-8-16-9-7-12)14-10-11-4-2-1-3-5-11/h1-5,12H,6-10H2,(H,14,15). The lowest BCUT2D eigenvalue weighted by Gasteiger charge is -2.20. The molecule has 1 amide bonds. The van der Waals surface area contributed by atoms with Gasteiger partial charge in [0.2, 0.25) is 5.91 Å². The van der Waals surface area contributed by atoms with Crippen LogP contribution in [0.2, 0.25) is 0 Å². The van der Waals surface area contributed by atoms with Gasteiger partial charge in [0.1, 0.15) is 0 Å². The number of amides is 1. The monoisotopic (exact) mass is 235 g/mol. The number of hydrogen-bond acceptors (Lipinski definition) is 2. The molecule has 1 fully saturated rings. The van der Waals surface area contributed by atoms with Crippen LogP contribution in [0.5, 0.6) is 0 Å². The fourth-order valence-electron chi connectivity index (χ4n) is 1.89. The summed E-state index contributed by atoms with van der Waals surface area (Å²) in [6.45, 7) is 0.656. The number of benzene rings is 1. The van der Waals surface area contributed by atoms with E-state index in [0.29, 0.717) is 6.54 Å². The molecule has 0 aliphatic carbocycles. The Morgan fingerprint density at radius 2 is 1.94 bits per heavy atom. The highest BCUT2D eigenvalue weighted by Gasteiger charge is 2.20. The van der Waals surface area contributed by atoms with E-state index >= 15 is 0 Å². The predicted octanol–water partition coefficient (Wildman–Crippen LogP) is 2.45. The van der Waals surface area contributed by atoms with Crippen LogP contribution in [0.1, 0.15) is 18.4 Å². The lowest BCUT2D eigenvalue weighted by Crippen LogP contribution is -2.32. The van der Waals surface area contributed by atoms with Gasteiger partial charge < -0.3 is 5.32 Å². The molecule has 0 aromatic heterocycles. The average molecular weight is 235 g/mol. The van der Waals surface area contributed by atoms with Crippen LogP contribution in [-0.2, 0) is 11.3 Å². The SMILES string of the molecule is O=C(NCc1ccccc1)C1CCSCC1. The fourth-order valence-corrected chi connectivity index (χ4v) is 3.00. The molecule has 1 N–H and O–H groups in total. The van der Waals surface area contributed by atoms with Crippen molar-refractivity contribution in [3.8, 4) is 0 Å². The van der Waals surface area contributed by atoms with E-state index in [-0.39, 0.29) is 11.8 Å². The molecule has 1 aromatic carbocycles. The maximum atomic E-state index is 11.9. The first-order valence-electron chi connectivity index (χ1n) is 5.75. The maximum absolute atomic E-state index is 11.9. The lowest BCUT2D eigenvalue weighted by atomic mass is 10.0. The van der Waals surface area contributed by atoms with Gasteiger partial charge in [-0.1, -0.05) is 30.3 Å². The molecule has 3 heteroatoms. The molecule has 86 valence electrons. The zero-order chi connectivity index (χ0) is 11.2. The molecule has 0 atom stereocenters. The first kappa shape index (κ1) is 11.5. The number of carbonyl (C=O) groups excluding carboxylic acids is 1. The summed E-state index contributed by atoms with van der Waals surface area (Å²) in [6.07, 6.45) is 2.07. The van der Waals surface area contributed by atoms with Gasteiger partial charge in [-0.05, 0) is 29.9 Å². The molecular formula is C13H17NOS. The van der Waals surface area contributed by atoms with Crippen molar-refractivity contribution in [1.82, 2.24) is 5.32 Å². The Hall–Kier alpha value is -0.960. The summed E-state index contributed by atoms with van der Waals surface area (Å²) in [5, 5.41) is 3.02. The van der Waals surface area contributed by atoms with Gasteiger partial charge in [-0.15, -0.1) is 0 Å². The summed E-state index contributed by atoms with van der Waals surface area (Å²) in [4.78, 5) is 11.9. The summed E-state index contributed by atoms with van der Waals surface area (Å²) >= 11 is 1.95. The summed E-state index contributed by atoms with van der Waals surface area (Å²) in [7, 11) is 0. The van der Waals surface area contributed by atoms with Crippen molar-refractivity contribution < 1.29 is 4.79 Å². The lowest BCUT2D eigenvalue weighted by molar-refractivity contribution is -0.125. The molecule has 1 aliphatic rings. The largest absolute Gasteiger partial charge is 0.352 e. The average Bonchev–Trinajstić information content (AvgIpc) is 2.38. The Morgan fingerprint density at radius 1 is 1.25 bits per heavy atom. The summed E-state index contributed by atoms with van der Waals surface area (Å²) in [5.41, 5.74) is 1.17. The van der Waals surface area contributed by atoms with Gasteiger partial charge in [0.15, 0.2) is 0 Å². The van der Waals surface area contributed by atoms with Crippen LogP contribution < -0.4 is 5.32 Å². The maximum Gasteiger partial charge on any atom is 0.223 e. The van der Waals surface area contributed by atoms with Gasteiger partial charge >= 0.3 is 0 Å². The molecule has 1 saturated heterocycles. The van der Waals surface area contributed by atoms with E-state index in [1.165, 1.54) is 5.56 Å². The van der Waals surface area contributed by atoms with Crippen LogP contribution in [0.4, 0.5) is 0 Å². The number of carbonyl (C=O) groups is 1. The van der Waals surface area contributed by atoms with Crippen LogP contribution >= 0.6 is 11.8 Å². The van der Waals surface area contributed by atoms with E-state index < -0.39 is 0 Å². The topological polar surface area (TPSA) is 29.1 Å². The highest BCUT2D eigenvalue weighted by Crippen LogP contribution is 2.22. The van der Waals surface area contributed by atoms with E-state index in [9.17, 15) is 4.79 Å². The van der Waals surface area contributed by atoms with Crippen LogP contribution in [0, 0.1) is 5.92 Å². The zero-order valence-electron chi connectivity index (χ0n) is 9.32. The zero-order valence-corrected chi connectivity index (χ0v) is 10.1. The van der Waals surface area contributed by atoms with Crippen molar-refractivity contribution in [3.63, 3.8) is 0 Å². The number of hydrogen-bond donors (Lipinski definition) is 1. The molecule has 1 heterocycles. The number of rotatable bonds is 3. The van der Waals surface area contributed by atoms with E-state index in [1.807, 2.05) is 42.1 Å². The van der Waals surface area contributed by atoms with Gasteiger partial charge in [-0.3, -0.25) is 4.79 Å². The van der Waals surface area contributed by atoms with Gasteiger partial charge in [-0.25, -0.2) is 0 Å². The van der Waals surface area contributed by atoms with Crippen LogP contribution in [-0.4, -0.2) is 17.4 Å². The van der Waals surface area contributed by atoms with E-state index in [2.05, 4.69) is 5.32 Å². The minimum atomic E-state index is 0.226. The Balaban J connectivity index is 1.79. The molecule has 2 rings (SSSR count). The number of nitrogens with one attached hydrogen (secondary N) is 1. The molecule has 1 aromatic rings. The van der Waals surface area contributed by atoms with E-state index in [1.54, 1.807) is 0 Å². The normalized spacial score (nSPS) is 17.0. The Labute approximate surface area is 101 Å². The molecule has 16 heavy (non-hydrogen) atoms. The third-order valence-electron chi connectivity index (χ3n) is 2.90. The highest BCUT2D eigenvalue weighted by atomic mass is 32.2. The van der Waals surface area contributed by atoms with Gasteiger partial charge in [-0.2, -0.15) is 11.8 Å². The summed E-state index contributed by atoms with van der Waals surface area (Å²) < 4.78 is 0. The van der Waals surface area contributed by atoms with Crippen molar-refractivity contribution in [2.24, 2.45) is 5.92 Å². The van der Waals surface area contributed by atoms with Crippen LogP contribution in [0.15, 0.2) is 30.3 Å². The highest BCUT2D eigenvalue weighted by molar-refractivity contribution is 7.99. The summed E-state index contributed by atoms with van der Waals surface area (Å²) in [5.74, 6) is 2.72. The van der Waals surface area contributed by atoms with Crippen molar-refractivity contribution in [3.05, 3.63) is 35.9 Å². The molecule has 0 unspecified atom stereocenters. The fraction of sp³-hybridized carbons (Fsp3) is 0.462. The second-order valence-corrected chi connectivity index (χ2v) is 5.31.